The van der Waals surface area contributed by atoms with E-state index in [2.05, 4.69) is 5.43 Å². The zero-order valence-electron chi connectivity index (χ0n) is 9.62. The quantitative estimate of drug-likeness (QED) is 0.630. The monoisotopic (exact) mass is 242 g/mol. The summed E-state index contributed by atoms with van der Waals surface area (Å²) in [5, 5.41) is 0. The van der Waals surface area contributed by atoms with Crippen molar-refractivity contribution in [3.05, 3.63) is 35.4 Å². The molecule has 94 valence electrons. The van der Waals surface area contributed by atoms with E-state index in [1.165, 1.54) is 12.1 Å². The molecule has 0 amide bonds. The van der Waals surface area contributed by atoms with E-state index in [0.717, 1.165) is 18.9 Å². The third-order valence-corrected chi connectivity index (χ3v) is 3.11. The van der Waals surface area contributed by atoms with Crippen LogP contribution in [0.1, 0.15) is 31.4 Å². The Bertz CT molecular complexity index is 400. The Labute approximate surface area is 98.9 Å². The van der Waals surface area contributed by atoms with Crippen LogP contribution < -0.4 is 11.3 Å². The van der Waals surface area contributed by atoms with Crippen molar-refractivity contribution in [2.75, 3.05) is 0 Å². The van der Waals surface area contributed by atoms with Crippen molar-refractivity contribution in [3.63, 3.8) is 0 Å². The second kappa shape index (κ2) is 5.08. The number of nitrogens with one attached hydrogen (secondary N) is 1. The number of benzene rings is 1. The highest BCUT2D eigenvalue weighted by atomic mass is 19.1. The van der Waals surface area contributed by atoms with Crippen LogP contribution in [0.2, 0.25) is 0 Å². The predicted molar refractivity (Wildman–Crippen MR) is 60.0 cm³/mol. The maximum atomic E-state index is 13.6. The average Bonchev–Trinajstić information content (AvgIpc) is 2.69. The van der Waals surface area contributed by atoms with E-state index >= 15 is 0 Å². The molecule has 5 heteroatoms. The minimum Gasteiger partial charge on any atom is -0.373 e. The zero-order valence-corrected chi connectivity index (χ0v) is 9.62. The predicted octanol–water partition coefficient (Wildman–Crippen LogP) is 2.04. The molecule has 1 aromatic carbocycles. The fourth-order valence-corrected chi connectivity index (χ4v) is 2.23. The Hall–Kier alpha value is -1.04. The van der Waals surface area contributed by atoms with Gasteiger partial charge in [-0.05, 0) is 25.8 Å². The van der Waals surface area contributed by atoms with Crippen LogP contribution in [0.15, 0.2) is 18.2 Å². The molecule has 3 N–H and O–H groups in total. The van der Waals surface area contributed by atoms with E-state index in [-0.39, 0.29) is 12.2 Å². The number of rotatable bonds is 3. The molecule has 17 heavy (non-hydrogen) atoms. The summed E-state index contributed by atoms with van der Waals surface area (Å²) in [4.78, 5) is 0. The maximum Gasteiger partial charge on any atom is 0.131 e. The standard InChI is InChI=1S/C12H16F2N2O/c1-7-2-5-11(17-7)12(16-15)9-4-3-8(13)6-10(9)14/h3-4,6-7,11-12,16H,2,5,15H2,1H3. The first kappa shape index (κ1) is 12.4. The molecular weight excluding hydrogens is 226 g/mol. The van der Waals surface area contributed by atoms with Gasteiger partial charge in [-0.25, -0.2) is 8.78 Å². The Kier molecular flexibility index (Phi) is 3.71. The van der Waals surface area contributed by atoms with Gasteiger partial charge >= 0.3 is 0 Å². The summed E-state index contributed by atoms with van der Waals surface area (Å²) in [5.41, 5.74) is 2.89. The molecular formula is C12H16F2N2O. The molecule has 0 aromatic heterocycles. The van der Waals surface area contributed by atoms with E-state index in [1.54, 1.807) is 0 Å². The molecule has 0 aliphatic carbocycles. The topological polar surface area (TPSA) is 47.3 Å². The van der Waals surface area contributed by atoms with Gasteiger partial charge in [-0.15, -0.1) is 0 Å². The summed E-state index contributed by atoms with van der Waals surface area (Å²) in [6, 6.07) is 3.04. The number of nitrogens with two attached hydrogens (primary N) is 1. The Morgan fingerprint density at radius 1 is 1.41 bits per heavy atom. The van der Waals surface area contributed by atoms with Crippen molar-refractivity contribution in [2.24, 2.45) is 5.84 Å². The van der Waals surface area contributed by atoms with Crippen molar-refractivity contribution in [1.29, 1.82) is 0 Å². The van der Waals surface area contributed by atoms with Crippen molar-refractivity contribution in [2.45, 2.75) is 38.0 Å². The summed E-state index contributed by atoms with van der Waals surface area (Å²) >= 11 is 0. The van der Waals surface area contributed by atoms with Gasteiger partial charge in [-0.1, -0.05) is 6.07 Å². The third kappa shape index (κ3) is 2.62. The molecule has 2 rings (SSSR count). The van der Waals surface area contributed by atoms with Gasteiger partial charge in [0.2, 0.25) is 0 Å². The van der Waals surface area contributed by atoms with Gasteiger partial charge in [-0.2, -0.15) is 0 Å². The van der Waals surface area contributed by atoms with E-state index in [9.17, 15) is 8.78 Å². The molecule has 0 radical (unpaired) electrons. The normalized spacial score (nSPS) is 26.1. The summed E-state index contributed by atoms with van der Waals surface area (Å²) in [6.07, 6.45) is 1.72. The molecule has 3 nitrogen and oxygen atoms in total. The first-order valence-corrected chi connectivity index (χ1v) is 5.68. The van der Waals surface area contributed by atoms with Crippen molar-refractivity contribution >= 4 is 0 Å². The summed E-state index contributed by atoms with van der Waals surface area (Å²) in [6.45, 7) is 1.97. The van der Waals surface area contributed by atoms with Crippen LogP contribution in [-0.4, -0.2) is 12.2 Å². The van der Waals surface area contributed by atoms with E-state index in [1.807, 2.05) is 6.92 Å². The van der Waals surface area contributed by atoms with Crippen LogP contribution in [0.25, 0.3) is 0 Å². The van der Waals surface area contributed by atoms with Crippen LogP contribution >= 0.6 is 0 Å². The number of hydrogen-bond acceptors (Lipinski definition) is 3. The first-order chi connectivity index (χ1) is 8.11. The van der Waals surface area contributed by atoms with Gasteiger partial charge in [0, 0.05) is 11.6 Å². The molecule has 1 aliphatic heterocycles. The van der Waals surface area contributed by atoms with Crippen LogP contribution in [0.3, 0.4) is 0 Å². The summed E-state index contributed by atoms with van der Waals surface area (Å²) in [7, 11) is 0. The highest BCUT2D eigenvalue weighted by Crippen LogP contribution is 2.30. The number of ether oxygens (including phenoxy) is 1. The second-order valence-corrected chi connectivity index (χ2v) is 4.37. The largest absolute Gasteiger partial charge is 0.373 e. The zero-order chi connectivity index (χ0) is 12.4. The molecule has 0 bridgehead atoms. The van der Waals surface area contributed by atoms with E-state index in [4.69, 9.17) is 10.6 Å². The summed E-state index contributed by atoms with van der Waals surface area (Å²) in [5.74, 6) is 4.25. The second-order valence-electron chi connectivity index (χ2n) is 4.37. The molecule has 1 aromatic rings. The molecule has 1 heterocycles. The lowest BCUT2D eigenvalue weighted by Crippen LogP contribution is -2.37. The lowest BCUT2D eigenvalue weighted by Gasteiger charge is -2.23. The van der Waals surface area contributed by atoms with Crippen LogP contribution in [-0.2, 0) is 4.74 Å². The van der Waals surface area contributed by atoms with Gasteiger partial charge in [0.15, 0.2) is 0 Å². The number of hydrazine groups is 1. The molecule has 3 atom stereocenters. The molecule has 0 saturated carbocycles. The van der Waals surface area contributed by atoms with Crippen LogP contribution in [0, 0.1) is 11.6 Å². The Morgan fingerprint density at radius 2 is 2.18 bits per heavy atom. The van der Waals surface area contributed by atoms with Crippen molar-refractivity contribution in [1.82, 2.24) is 5.43 Å². The summed E-state index contributed by atoms with van der Waals surface area (Å²) < 4.78 is 32.1. The van der Waals surface area contributed by atoms with Crippen LogP contribution in [0.5, 0.6) is 0 Å². The molecule has 1 fully saturated rings. The molecule has 0 spiro atoms. The number of hydrogen-bond donors (Lipinski definition) is 2. The fourth-order valence-electron chi connectivity index (χ4n) is 2.23. The molecule has 3 unspecified atom stereocenters. The van der Waals surface area contributed by atoms with Crippen molar-refractivity contribution < 1.29 is 13.5 Å². The van der Waals surface area contributed by atoms with Gasteiger partial charge in [0.1, 0.15) is 11.6 Å². The highest BCUT2D eigenvalue weighted by Gasteiger charge is 2.31. The SMILES string of the molecule is CC1CCC(C(NN)c2ccc(F)cc2F)O1. The van der Waals surface area contributed by atoms with E-state index < -0.39 is 17.7 Å². The smallest absolute Gasteiger partial charge is 0.131 e. The van der Waals surface area contributed by atoms with Gasteiger partial charge in [0.25, 0.3) is 0 Å². The molecule has 1 saturated heterocycles. The minimum atomic E-state index is -0.601. The third-order valence-electron chi connectivity index (χ3n) is 3.11. The number of halogens is 2. The average molecular weight is 242 g/mol. The van der Waals surface area contributed by atoms with Crippen molar-refractivity contribution in [3.8, 4) is 0 Å². The molecule has 1 aliphatic rings. The van der Waals surface area contributed by atoms with E-state index in [0.29, 0.717) is 5.56 Å². The Balaban J connectivity index is 2.23. The Morgan fingerprint density at radius 3 is 2.71 bits per heavy atom. The van der Waals surface area contributed by atoms with Gasteiger partial charge < -0.3 is 4.74 Å². The lowest BCUT2D eigenvalue weighted by atomic mass is 9.99. The highest BCUT2D eigenvalue weighted by molar-refractivity contribution is 5.23. The van der Waals surface area contributed by atoms with Crippen LogP contribution in [0.4, 0.5) is 8.78 Å². The minimum absolute atomic E-state index is 0.152. The van der Waals surface area contributed by atoms with Gasteiger partial charge in [0.05, 0.1) is 18.2 Å². The lowest BCUT2D eigenvalue weighted by molar-refractivity contribution is 0.0308. The van der Waals surface area contributed by atoms with Gasteiger partial charge in [-0.3, -0.25) is 11.3 Å². The first-order valence-electron chi connectivity index (χ1n) is 5.68. The fraction of sp³-hybridized carbons (Fsp3) is 0.500. The maximum absolute atomic E-state index is 13.6.